The van der Waals surface area contributed by atoms with Gasteiger partial charge in [0.15, 0.2) is 0 Å². The number of benzene rings is 3. The van der Waals surface area contributed by atoms with Crippen LogP contribution in [0.4, 0.5) is 11.4 Å². The number of fused-ring (bicyclic) bond motifs is 4. The van der Waals surface area contributed by atoms with Gasteiger partial charge in [0.05, 0.1) is 23.8 Å². The van der Waals surface area contributed by atoms with Crippen LogP contribution in [0.25, 0.3) is 11.1 Å². The molecule has 0 spiro atoms. The first-order chi connectivity index (χ1) is 24.3. The third kappa shape index (κ3) is 5.76. The van der Waals surface area contributed by atoms with Crippen LogP contribution in [-0.4, -0.2) is 68.8 Å². The largest absolute Gasteiger partial charge is 0.394 e. The molecule has 0 saturated carbocycles. The molecule has 3 aromatic carbocycles. The van der Waals surface area contributed by atoms with Crippen molar-refractivity contribution in [3.05, 3.63) is 111 Å². The van der Waals surface area contributed by atoms with E-state index in [0.717, 1.165) is 52.5 Å². The number of aromatic nitrogens is 1. The van der Waals surface area contributed by atoms with Crippen LogP contribution in [-0.2, 0) is 22.7 Å². The van der Waals surface area contributed by atoms with E-state index in [1.807, 2.05) is 24.5 Å². The fraction of sp³-hybridized carbons (Fsp3) is 0.289. The van der Waals surface area contributed by atoms with Crippen LogP contribution in [0.5, 0.6) is 0 Å². The highest BCUT2D eigenvalue weighted by Crippen LogP contribution is 2.48. The summed E-state index contributed by atoms with van der Waals surface area (Å²) in [5.74, 6) is -1.84. The molecule has 4 atom stereocenters. The number of aliphatic hydroxyl groups is 1. The quantitative estimate of drug-likeness (QED) is 0.186. The molecule has 1 unspecified atom stereocenters. The third-order valence-electron chi connectivity index (χ3n) is 10.4. The highest BCUT2D eigenvalue weighted by molar-refractivity contribution is 9.10. The van der Waals surface area contributed by atoms with Crippen LogP contribution >= 0.6 is 15.9 Å². The van der Waals surface area contributed by atoms with Crippen molar-refractivity contribution in [1.82, 2.24) is 20.1 Å². The maximum atomic E-state index is 13.4. The highest BCUT2D eigenvalue weighted by Gasteiger charge is 2.46. The average Bonchev–Trinajstić information content (AvgIpc) is 3.65. The van der Waals surface area contributed by atoms with E-state index in [9.17, 15) is 24.3 Å². The molecule has 4 aliphatic heterocycles. The summed E-state index contributed by atoms with van der Waals surface area (Å²) in [6, 6.07) is 21.4. The van der Waals surface area contributed by atoms with E-state index < -0.39 is 29.7 Å². The number of likely N-dealkylation sites (tertiary alicyclic amines) is 1. The van der Waals surface area contributed by atoms with Crippen molar-refractivity contribution in [2.24, 2.45) is 5.92 Å². The second-order valence-corrected chi connectivity index (χ2v) is 14.2. The average molecular weight is 736 g/mol. The fourth-order valence-electron chi connectivity index (χ4n) is 7.96. The lowest BCUT2D eigenvalue weighted by atomic mass is 9.82. The Bertz CT molecular complexity index is 2040. The maximum Gasteiger partial charge on any atom is 0.263 e. The van der Waals surface area contributed by atoms with Gasteiger partial charge in [-0.25, -0.2) is 0 Å². The SMILES string of the molecule is O=C1CCC(N2C(=O)c3cc(CNc4cccc(-c5ccc6c(c5)[C@H]5[C@H](CCN5Cc5ccncc5)[C@@H](CO)N6)c4)cc(Br)c3C2=O)C(=O)N1. The minimum Gasteiger partial charge on any atom is -0.394 e. The van der Waals surface area contributed by atoms with Crippen molar-refractivity contribution >= 4 is 50.9 Å². The minimum atomic E-state index is -1.02. The topological polar surface area (TPSA) is 144 Å². The number of halogens is 1. The van der Waals surface area contributed by atoms with E-state index in [1.165, 1.54) is 11.1 Å². The van der Waals surface area contributed by atoms with Gasteiger partial charge in [0.2, 0.25) is 11.8 Å². The lowest BCUT2D eigenvalue weighted by Crippen LogP contribution is -2.54. The van der Waals surface area contributed by atoms with Crippen LogP contribution in [0.2, 0.25) is 0 Å². The second kappa shape index (κ2) is 13.1. The van der Waals surface area contributed by atoms with Gasteiger partial charge in [0, 0.05) is 59.7 Å². The molecule has 0 aliphatic carbocycles. The smallest absolute Gasteiger partial charge is 0.263 e. The molecule has 2 saturated heterocycles. The van der Waals surface area contributed by atoms with Gasteiger partial charge in [-0.15, -0.1) is 0 Å². The molecular formula is C38H35BrN6O5. The molecule has 8 rings (SSSR count). The predicted octanol–water partition coefficient (Wildman–Crippen LogP) is 4.87. The van der Waals surface area contributed by atoms with Crippen molar-refractivity contribution in [3.8, 4) is 11.1 Å². The summed E-state index contributed by atoms with van der Waals surface area (Å²) < 4.78 is 0.475. The monoisotopic (exact) mass is 734 g/mol. The molecule has 5 heterocycles. The summed E-state index contributed by atoms with van der Waals surface area (Å²) in [5.41, 5.74) is 7.77. The van der Waals surface area contributed by atoms with E-state index >= 15 is 0 Å². The first-order valence-corrected chi connectivity index (χ1v) is 17.6. The third-order valence-corrected chi connectivity index (χ3v) is 11.0. The summed E-state index contributed by atoms with van der Waals surface area (Å²) in [7, 11) is 0. The number of hydrogen-bond acceptors (Lipinski definition) is 9. The Morgan fingerprint density at radius 2 is 1.74 bits per heavy atom. The van der Waals surface area contributed by atoms with Crippen LogP contribution in [0, 0.1) is 5.92 Å². The molecule has 4 aromatic rings. The Balaban J connectivity index is 1.01. The van der Waals surface area contributed by atoms with E-state index in [-0.39, 0.29) is 42.7 Å². The number of pyridine rings is 1. The van der Waals surface area contributed by atoms with Gasteiger partial charge in [0.25, 0.3) is 11.8 Å². The lowest BCUT2D eigenvalue weighted by molar-refractivity contribution is -0.136. The second-order valence-electron chi connectivity index (χ2n) is 13.3. The summed E-state index contributed by atoms with van der Waals surface area (Å²) in [6.07, 6.45) is 4.84. The number of nitrogens with one attached hydrogen (secondary N) is 3. The van der Waals surface area contributed by atoms with Crippen molar-refractivity contribution in [1.29, 1.82) is 0 Å². The van der Waals surface area contributed by atoms with Gasteiger partial charge in [0.1, 0.15) is 6.04 Å². The minimum absolute atomic E-state index is 0.00138. The zero-order valence-corrected chi connectivity index (χ0v) is 28.7. The number of carbonyl (C=O) groups is 4. The number of carbonyl (C=O) groups excluding carboxylic acids is 4. The number of piperidine rings is 1. The van der Waals surface area contributed by atoms with E-state index in [4.69, 9.17) is 0 Å². The summed E-state index contributed by atoms with van der Waals surface area (Å²) in [6.45, 7) is 2.24. The molecule has 1 aromatic heterocycles. The molecule has 4 amide bonds. The van der Waals surface area contributed by atoms with Crippen molar-refractivity contribution in [2.75, 3.05) is 23.8 Å². The van der Waals surface area contributed by atoms with Gasteiger partial charge >= 0.3 is 0 Å². The molecule has 50 heavy (non-hydrogen) atoms. The highest BCUT2D eigenvalue weighted by atomic mass is 79.9. The standard InChI is InChI=1S/C38H35BrN6O5/c39-29-15-22(14-28-34(29)38(50)45(37(28)49)32-6-7-33(47)43-36(32)48)18-41-25-3-1-2-23(16-25)24-4-5-30-27(17-24)35-26(31(20-46)42-30)10-13-44(35)19-21-8-11-40-12-9-21/h1-5,8-9,11-12,14-17,26,31-32,35,41-42,46H,6-7,10,13,18-20H2,(H,43,47,48)/t26-,31-,32?,35-/m1/s1. The number of imide groups is 2. The number of nitrogens with zero attached hydrogens (tertiary/aromatic N) is 3. The molecule has 2 fully saturated rings. The van der Waals surface area contributed by atoms with Crippen molar-refractivity contribution < 1.29 is 24.3 Å². The van der Waals surface area contributed by atoms with Crippen LogP contribution < -0.4 is 16.0 Å². The van der Waals surface area contributed by atoms with Gasteiger partial charge in [-0.2, -0.15) is 0 Å². The van der Waals surface area contributed by atoms with Crippen LogP contribution in [0.3, 0.4) is 0 Å². The Morgan fingerprint density at radius 1 is 0.920 bits per heavy atom. The van der Waals surface area contributed by atoms with Gasteiger partial charge in [-0.3, -0.25) is 39.3 Å². The van der Waals surface area contributed by atoms with Crippen molar-refractivity contribution in [3.63, 3.8) is 0 Å². The number of amides is 4. The zero-order chi connectivity index (χ0) is 34.5. The van der Waals surface area contributed by atoms with Crippen molar-refractivity contribution in [2.45, 2.75) is 50.5 Å². The molecular weight excluding hydrogens is 700 g/mol. The number of hydrogen-bond donors (Lipinski definition) is 4. The molecule has 0 radical (unpaired) electrons. The number of aliphatic hydroxyl groups excluding tert-OH is 1. The van der Waals surface area contributed by atoms with Gasteiger partial charge in [-0.1, -0.05) is 18.2 Å². The first-order valence-electron chi connectivity index (χ1n) is 16.8. The maximum absolute atomic E-state index is 13.4. The normalized spacial score (nSPS) is 22.9. The molecule has 11 nitrogen and oxygen atoms in total. The van der Waals surface area contributed by atoms with E-state index in [1.54, 1.807) is 12.1 Å². The Kier molecular flexibility index (Phi) is 8.46. The Hall–Kier alpha value is -4.91. The lowest BCUT2D eigenvalue weighted by Gasteiger charge is -2.39. The predicted molar refractivity (Wildman–Crippen MR) is 190 cm³/mol. The molecule has 4 N–H and O–H groups in total. The first kappa shape index (κ1) is 32.3. The summed E-state index contributed by atoms with van der Waals surface area (Å²) >= 11 is 3.48. The van der Waals surface area contributed by atoms with E-state index in [2.05, 4.69) is 84.2 Å². The fourth-order valence-corrected chi connectivity index (χ4v) is 8.63. The Labute approximate surface area is 297 Å². The summed E-state index contributed by atoms with van der Waals surface area (Å²) in [5, 5.41) is 19.5. The Morgan fingerprint density at radius 3 is 2.54 bits per heavy atom. The van der Waals surface area contributed by atoms with Gasteiger partial charge < -0.3 is 15.7 Å². The van der Waals surface area contributed by atoms with Gasteiger partial charge in [-0.05, 0) is 112 Å². The number of anilines is 2. The molecule has 12 heteroatoms. The zero-order valence-electron chi connectivity index (χ0n) is 27.1. The molecule has 0 bridgehead atoms. The van der Waals surface area contributed by atoms with Crippen LogP contribution in [0.1, 0.15) is 62.7 Å². The van der Waals surface area contributed by atoms with Crippen LogP contribution in [0.15, 0.2) is 83.6 Å². The summed E-state index contributed by atoms with van der Waals surface area (Å²) in [4.78, 5) is 58.5. The van der Waals surface area contributed by atoms with E-state index in [0.29, 0.717) is 16.9 Å². The molecule has 254 valence electrons. The number of rotatable bonds is 8. The molecule has 4 aliphatic rings.